The van der Waals surface area contributed by atoms with Crippen LogP contribution in [0.2, 0.25) is 0 Å². The molecule has 0 heteroatoms. The normalized spacial score (nSPS) is 52.2. The Morgan fingerprint density at radius 3 is 2.85 bits per heavy atom. The van der Waals surface area contributed by atoms with E-state index in [1.165, 1.54) is 12.8 Å². The molecule has 2 bridgehead atoms. The summed E-state index contributed by atoms with van der Waals surface area (Å²) in [6.45, 7) is 4.89. The molecule has 0 aromatic rings. The van der Waals surface area contributed by atoms with E-state index in [2.05, 4.69) is 32.1 Å². The van der Waals surface area contributed by atoms with Gasteiger partial charge in [0.2, 0.25) is 0 Å². The van der Waals surface area contributed by atoms with Crippen molar-refractivity contribution in [3.8, 4) is 0 Å². The second-order valence-corrected chi connectivity index (χ2v) is 5.27. The van der Waals surface area contributed by atoms with Crippen molar-refractivity contribution in [1.82, 2.24) is 0 Å². The first-order chi connectivity index (χ1) is 6.27. The predicted molar refractivity (Wildman–Crippen MR) is 55.3 cm³/mol. The summed E-state index contributed by atoms with van der Waals surface area (Å²) >= 11 is 0. The SMILES string of the molecule is CC1CC2C(C)CC1C1=CC=CC12. The first-order valence-corrected chi connectivity index (χ1v) is 5.65. The third kappa shape index (κ3) is 0.920. The Hall–Kier alpha value is -0.520. The number of rotatable bonds is 0. The van der Waals surface area contributed by atoms with Gasteiger partial charge in [-0.1, -0.05) is 37.6 Å². The van der Waals surface area contributed by atoms with Crippen molar-refractivity contribution in [2.24, 2.45) is 29.6 Å². The Bertz CT molecular complexity index is 284. The van der Waals surface area contributed by atoms with Gasteiger partial charge in [0.1, 0.15) is 0 Å². The lowest BCUT2D eigenvalue weighted by atomic mass is 9.55. The average molecular weight is 174 g/mol. The Balaban J connectivity index is 2.01. The molecule has 0 heterocycles. The van der Waals surface area contributed by atoms with E-state index in [0.29, 0.717) is 0 Å². The van der Waals surface area contributed by atoms with E-state index in [1.807, 2.05) is 0 Å². The molecule has 4 aliphatic rings. The molecule has 5 atom stereocenters. The van der Waals surface area contributed by atoms with Crippen LogP contribution < -0.4 is 0 Å². The summed E-state index contributed by atoms with van der Waals surface area (Å²) in [4.78, 5) is 0. The maximum atomic E-state index is 2.45. The van der Waals surface area contributed by atoms with Crippen molar-refractivity contribution in [3.05, 3.63) is 23.8 Å². The second-order valence-electron chi connectivity index (χ2n) is 5.27. The lowest BCUT2D eigenvalue weighted by molar-refractivity contribution is 0.0780. The minimum atomic E-state index is 0.838. The quantitative estimate of drug-likeness (QED) is 0.528. The summed E-state index contributed by atoms with van der Waals surface area (Å²) in [5.74, 6) is 4.63. The smallest absolute Gasteiger partial charge is 0.00168 e. The zero-order valence-corrected chi connectivity index (χ0v) is 8.53. The maximum Gasteiger partial charge on any atom is 0.00168 e. The zero-order chi connectivity index (χ0) is 9.00. The first-order valence-electron chi connectivity index (χ1n) is 5.65. The van der Waals surface area contributed by atoms with Gasteiger partial charge in [0.15, 0.2) is 0 Å². The van der Waals surface area contributed by atoms with E-state index in [-0.39, 0.29) is 0 Å². The number of fused-ring (bicyclic) bond motifs is 2. The van der Waals surface area contributed by atoms with Gasteiger partial charge < -0.3 is 0 Å². The Morgan fingerprint density at radius 2 is 2.00 bits per heavy atom. The molecule has 0 aromatic carbocycles. The fraction of sp³-hybridized carbons (Fsp3) is 0.692. The molecule has 3 saturated carbocycles. The van der Waals surface area contributed by atoms with Gasteiger partial charge in [-0.2, -0.15) is 0 Å². The Labute approximate surface area is 80.7 Å². The molecule has 70 valence electrons. The van der Waals surface area contributed by atoms with Gasteiger partial charge >= 0.3 is 0 Å². The molecule has 0 saturated heterocycles. The van der Waals surface area contributed by atoms with Crippen LogP contribution in [0, 0.1) is 29.6 Å². The Kier molecular flexibility index (Phi) is 1.51. The summed E-state index contributed by atoms with van der Waals surface area (Å²) in [7, 11) is 0. The van der Waals surface area contributed by atoms with Gasteiger partial charge in [0.25, 0.3) is 0 Å². The molecule has 13 heavy (non-hydrogen) atoms. The molecule has 4 aliphatic carbocycles. The van der Waals surface area contributed by atoms with Crippen LogP contribution in [0.3, 0.4) is 0 Å². The molecule has 0 N–H and O–H groups in total. The maximum absolute atomic E-state index is 2.45. The molecule has 3 fully saturated rings. The zero-order valence-electron chi connectivity index (χ0n) is 8.53. The van der Waals surface area contributed by atoms with Gasteiger partial charge in [-0.25, -0.2) is 0 Å². The fourth-order valence-electron chi connectivity index (χ4n) is 3.87. The van der Waals surface area contributed by atoms with Crippen LogP contribution in [0.1, 0.15) is 26.7 Å². The van der Waals surface area contributed by atoms with Gasteiger partial charge in [0.05, 0.1) is 0 Å². The minimum Gasteiger partial charge on any atom is -0.0770 e. The molecule has 4 rings (SSSR count). The standard InChI is InChI=1S/C13H18/c1-8-6-13-9(2)7-12(8)10-4-3-5-11(10)13/h3-5,8-10,12-13H,6-7H2,1-2H3. The van der Waals surface area contributed by atoms with E-state index in [0.717, 1.165) is 29.6 Å². The molecular weight excluding hydrogens is 156 g/mol. The summed E-state index contributed by atoms with van der Waals surface area (Å²) in [6, 6.07) is 0. The fourth-order valence-corrected chi connectivity index (χ4v) is 3.87. The summed E-state index contributed by atoms with van der Waals surface area (Å²) in [6.07, 6.45) is 10.0. The summed E-state index contributed by atoms with van der Waals surface area (Å²) in [5.41, 5.74) is 1.77. The largest absolute Gasteiger partial charge is 0.0770 e. The number of hydrogen-bond acceptors (Lipinski definition) is 0. The van der Waals surface area contributed by atoms with Crippen molar-refractivity contribution in [1.29, 1.82) is 0 Å². The van der Waals surface area contributed by atoms with Crippen molar-refractivity contribution in [2.75, 3.05) is 0 Å². The predicted octanol–water partition coefficient (Wildman–Crippen LogP) is 3.41. The second kappa shape index (κ2) is 2.50. The number of allylic oxidation sites excluding steroid dienone is 4. The Morgan fingerprint density at radius 1 is 1.15 bits per heavy atom. The van der Waals surface area contributed by atoms with E-state index >= 15 is 0 Å². The number of hydrogen-bond donors (Lipinski definition) is 0. The molecule has 0 amide bonds. The van der Waals surface area contributed by atoms with Crippen LogP contribution >= 0.6 is 0 Å². The highest BCUT2D eigenvalue weighted by Crippen LogP contribution is 2.55. The van der Waals surface area contributed by atoms with Crippen molar-refractivity contribution < 1.29 is 0 Å². The van der Waals surface area contributed by atoms with Crippen molar-refractivity contribution in [3.63, 3.8) is 0 Å². The minimum absolute atomic E-state index is 0.838. The van der Waals surface area contributed by atoms with Gasteiger partial charge in [-0.05, 0) is 36.5 Å². The van der Waals surface area contributed by atoms with Crippen LogP contribution in [-0.2, 0) is 0 Å². The molecular formula is C13H18. The van der Waals surface area contributed by atoms with Gasteiger partial charge in [-0.3, -0.25) is 0 Å². The molecule has 0 nitrogen and oxygen atoms in total. The van der Waals surface area contributed by atoms with Gasteiger partial charge in [0, 0.05) is 5.92 Å². The highest BCUT2D eigenvalue weighted by Gasteiger charge is 2.46. The molecule has 0 aliphatic heterocycles. The van der Waals surface area contributed by atoms with Crippen molar-refractivity contribution in [2.45, 2.75) is 26.7 Å². The monoisotopic (exact) mass is 174 g/mol. The third-order valence-corrected chi connectivity index (χ3v) is 4.57. The van der Waals surface area contributed by atoms with Crippen LogP contribution in [0.25, 0.3) is 0 Å². The van der Waals surface area contributed by atoms with E-state index < -0.39 is 0 Å². The van der Waals surface area contributed by atoms with Crippen LogP contribution in [0.15, 0.2) is 23.8 Å². The van der Waals surface area contributed by atoms with Crippen molar-refractivity contribution >= 4 is 0 Å². The molecule has 0 radical (unpaired) electrons. The van der Waals surface area contributed by atoms with E-state index in [1.54, 1.807) is 5.57 Å². The lowest BCUT2D eigenvalue weighted by Crippen LogP contribution is -2.41. The molecule has 0 aromatic heterocycles. The molecule has 0 spiro atoms. The van der Waals surface area contributed by atoms with Crippen LogP contribution in [0.4, 0.5) is 0 Å². The lowest BCUT2D eigenvalue weighted by Gasteiger charge is -2.50. The van der Waals surface area contributed by atoms with Gasteiger partial charge in [-0.15, -0.1) is 0 Å². The highest BCUT2D eigenvalue weighted by atomic mass is 14.5. The van der Waals surface area contributed by atoms with E-state index in [9.17, 15) is 0 Å². The van der Waals surface area contributed by atoms with Crippen LogP contribution in [-0.4, -0.2) is 0 Å². The summed E-state index contributed by atoms with van der Waals surface area (Å²) < 4.78 is 0. The van der Waals surface area contributed by atoms with E-state index in [4.69, 9.17) is 0 Å². The molecule has 5 unspecified atom stereocenters. The summed E-state index contributed by atoms with van der Waals surface area (Å²) in [5, 5.41) is 0. The average Bonchev–Trinajstić information content (AvgIpc) is 2.56. The first kappa shape index (κ1) is 7.84. The van der Waals surface area contributed by atoms with Crippen LogP contribution in [0.5, 0.6) is 0 Å². The topological polar surface area (TPSA) is 0 Å². The highest BCUT2D eigenvalue weighted by molar-refractivity contribution is 5.34. The third-order valence-electron chi connectivity index (χ3n) is 4.57.